The Labute approximate surface area is 123 Å². The Morgan fingerprint density at radius 3 is 2.00 bits per heavy atom. The second-order valence-corrected chi connectivity index (χ2v) is 7.96. The van der Waals surface area contributed by atoms with Crippen LogP contribution in [0.3, 0.4) is 0 Å². The van der Waals surface area contributed by atoms with Crippen molar-refractivity contribution in [3.05, 3.63) is 33.9 Å². The molecule has 0 aromatic heterocycles. The molecule has 0 bridgehead atoms. The first-order valence-electron chi connectivity index (χ1n) is 7.15. The summed E-state index contributed by atoms with van der Waals surface area (Å²) in [5.74, 6) is 0.150. The van der Waals surface area contributed by atoms with Crippen LogP contribution in [0.25, 0.3) is 0 Å². The molecule has 20 heavy (non-hydrogen) atoms. The van der Waals surface area contributed by atoms with Crippen molar-refractivity contribution in [3.8, 4) is 0 Å². The van der Waals surface area contributed by atoms with Gasteiger partial charge < -0.3 is 5.32 Å². The average molecular weight is 297 g/mol. The molecule has 1 aromatic carbocycles. The van der Waals surface area contributed by atoms with Crippen LogP contribution in [0.4, 0.5) is 0 Å². The first kappa shape index (κ1) is 17.2. The molecule has 3 nitrogen and oxygen atoms in total. The van der Waals surface area contributed by atoms with Crippen LogP contribution in [0.2, 0.25) is 0 Å². The van der Waals surface area contributed by atoms with Gasteiger partial charge in [-0.25, -0.2) is 8.42 Å². The van der Waals surface area contributed by atoms with E-state index in [1.54, 1.807) is 0 Å². The molecule has 1 aromatic rings. The molecule has 0 radical (unpaired) electrons. The highest BCUT2D eigenvalue weighted by Gasteiger charge is 2.22. The zero-order valence-electron chi connectivity index (χ0n) is 13.5. The summed E-state index contributed by atoms with van der Waals surface area (Å²) in [4.78, 5) is 0. The smallest absolute Gasteiger partial charge is 0.149 e. The fourth-order valence-corrected chi connectivity index (χ4v) is 3.53. The average Bonchev–Trinajstić information content (AvgIpc) is 2.32. The van der Waals surface area contributed by atoms with Crippen LogP contribution in [-0.2, 0) is 9.84 Å². The molecular weight excluding hydrogens is 270 g/mol. The first-order chi connectivity index (χ1) is 9.17. The van der Waals surface area contributed by atoms with E-state index in [1.807, 2.05) is 0 Å². The fraction of sp³-hybridized carbons (Fsp3) is 0.625. The Morgan fingerprint density at radius 2 is 1.60 bits per heavy atom. The number of hydrogen-bond acceptors (Lipinski definition) is 3. The van der Waals surface area contributed by atoms with Crippen molar-refractivity contribution < 1.29 is 8.42 Å². The maximum absolute atomic E-state index is 11.7. The molecule has 0 saturated carbocycles. The van der Waals surface area contributed by atoms with Gasteiger partial charge in [-0.2, -0.15) is 0 Å². The van der Waals surface area contributed by atoms with Crippen LogP contribution < -0.4 is 5.32 Å². The van der Waals surface area contributed by atoms with E-state index < -0.39 is 9.84 Å². The first-order valence-corrected chi connectivity index (χ1v) is 9.21. The van der Waals surface area contributed by atoms with Crippen LogP contribution in [0.1, 0.15) is 47.2 Å². The van der Waals surface area contributed by atoms with E-state index in [1.165, 1.54) is 28.5 Å². The van der Waals surface area contributed by atoms with Crippen LogP contribution >= 0.6 is 0 Å². The summed E-state index contributed by atoms with van der Waals surface area (Å²) in [6.45, 7) is 11.3. The van der Waals surface area contributed by atoms with Gasteiger partial charge in [0.05, 0.1) is 5.75 Å². The fourth-order valence-electron chi connectivity index (χ4n) is 2.64. The highest BCUT2D eigenvalue weighted by molar-refractivity contribution is 7.90. The quantitative estimate of drug-likeness (QED) is 0.878. The molecule has 1 unspecified atom stereocenters. The second kappa shape index (κ2) is 6.72. The summed E-state index contributed by atoms with van der Waals surface area (Å²) in [5.41, 5.74) is 6.00. The van der Waals surface area contributed by atoms with Gasteiger partial charge in [-0.3, -0.25) is 0 Å². The summed E-state index contributed by atoms with van der Waals surface area (Å²) >= 11 is 0. The third-order valence-electron chi connectivity index (χ3n) is 3.88. The number of benzene rings is 1. The van der Waals surface area contributed by atoms with Gasteiger partial charge in [0.1, 0.15) is 9.84 Å². The minimum atomic E-state index is -3.02. The lowest BCUT2D eigenvalue weighted by Gasteiger charge is -2.24. The Balaban J connectivity index is 3.32. The predicted octanol–water partition coefficient (Wildman–Crippen LogP) is 3.01. The van der Waals surface area contributed by atoms with Crippen molar-refractivity contribution in [2.45, 2.75) is 47.1 Å². The number of aryl methyl sites for hydroxylation is 2. The molecule has 0 aliphatic carbocycles. The van der Waals surface area contributed by atoms with Crippen LogP contribution in [0.5, 0.6) is 0 Å². The summed E-state index contributed by atoms with van der Waals surface area (Å²) in [5, 5.41) is 3.40. The number of rotatable bonds is 6. The highest BCUT2D eigenvalue weighted by Crippen LogP contribution is 2.28. The molecule has 0 aliphatic rings. The van der Waals surface area contributed by atoms with Gasteiger partial charge >= 0.3 is 0 Å². The van der Waals surface area contributed by atoms with Gasteiger partial charge in [0.15, 0.2) is 0 Å². The van der Waals surface area contributed by atoms with Crippen molar-refractivity contribution in [2.24, 2.45) is 0 Å². The summed E-state index contributed by atoms with van der Waals surface area (Å²) in [7, 11) is -3.02. The van der Waals surface area contributed by atoms with E-state index >= 15 is 0 Å². The van der Waals surface area contributed by atoms with Crippen LogP contribution in [0, 0.1) is 27.7 Å². The molecule has 0 heterocycles. The SMILES string of the molecule is CCCNC(CS(C)(=O)=O)c1c(C)c(C)cc(C)c1C. The third kappa shape index (κ3) is 4.32. The van der Waals surface area contributed by atoms with Crippen LogP contribution in [-0.4, -0.2) is 27.0 Å². The van der Waals surface area contributed by atoms with Gasteiger partial charge in [-0.15, -0.1) is 0 Å². The number of sulfone groups is 1. The minimum absolute atomic E-state index is 0.122. The van der Waals surface area contributed by atoms with E-state index in [4.69, 9.17) is 0 Å². The van der Waals surface area contributed by atoms with Crippen LogP contribution in [0.15, 0.2) is 6.07 Å². The molecule has 0 saturated heterocycles. The van der Waals surface area contributed by atoms with Crippen molar-refractivity contribution >= 4 is 9.84 Å². The molecule has 0 amide bonds. The topological polar surface area (TPSA) is 46.2 Å². The van der Waals surface area contributed by atoms with E-state index in [-0.39, 0.29) is 11.8 Å². The lowest BCUT2D eigenvalue weighted by Crippen LogP contribution is -2.30. The minimum Gasteiger partial charge on any atom is -0.309 e. The maximum Gasteiger partial charge on any atom is 0.149 e. The molecule has 114 valence electrons. The number of nitrogens with one attached hydrogen (secondary N) is 1. The molecular formula is C16H27NO2S. The second-order valence-electron chi connectivity index (χ2n) is 5.77. The Hall–Kier alpha value is -0.870. The lowest BCUT2D eigenvalue weighted by molar-refractivity contribution is 0.546. The Kier molecular flexibility index (Phi) is 5.78. The maximum atomic E-state index is 11.7. The standard InChI is InChI=1S/C16H27NO2S/c1-7-8-17-15(10-20(6,18)19)16-13(4)11(2)9-12(3)14(16)5/h9,15,17H,7-8,10H2,1-6H3. The van der Waals surface area contributed by atoms with Gasteiger partial charge in [-0.1, -0.05) is 13.0 Å². The van der Waals surface area contributed by atoms with Gasteiger partial charge in [0, 0.05) is 12.3 Å². The summed E-state index contributed by atoms with van der Waals surface area (Å²) < 4.78 is 23.5. The molecule has 0 fully saturated rings. The monoisotopic (exact) mass is 297 g/mol. The molecule has 4 heteroatoms. The highest BCUT2D eigenvalue weighted by atomic mass is 32.2. The number of hydrogen-bond donors (Lipinski definition) is 1. The molecule has 0 aliphatic heterocycles. The molecule has 0 spiro atoms. The van der Waals surface area contributed by atoms with Gasteiger partial charge in [-0.05, 0) is 68.5 Å². The van der Waals surface area contributed by atoms with E-state index in [0.29, 0.717) is 0 Å². The van der Waals surface area contributed by atoms with Crippen molar-refractivity contribution in [1.82, 2.24) is 5.32 Å². The summed E-state index contributed by atoms with van der Waals surface area (Å²) in [6, 6.07) is 2.05. The van der Waals surface area contributed by atoms with Crippen molar-refractivity contribution in [1.29, 1.82) is 0 Å². The molecule has 1 atom stereocenters. The van der Waals surface area contributed by atoms with E-state index in [2.05, 4.69) is 46.0 Å². The Bertz CT molecular complexity index is 550. The zero-order valence-corrected chi connectivity index (χ0v) is 14.3. The van der Waals surface area contributed by atoms with Gasteiger partial charge in [0.25, 0.3) is 0 Å². The third-order valence-corrected chi connectivity index (χ3v) is 4.82. The lowest BCUT2D eigenvalue weighted by atomic mass is 9.90. The Morgan fingerprint density at radius 1 is 1.10 bits per heavy atom. The van der Waals surface area contributed by atoms with Crippen molar-refractivity contribution in [2.75, 3.05) is 18.6 Å². The van der Waals surface area contributed by atoms with E-state index in [0.717, 1.165) is 18.5 Å². The predicted molar refractivity (Wildman–Crippen MR) is 86.1 cm³/mol. The molecule has 1 N–H and O–H groups in total. The zero-order chi connectivity index (χ0) is 15.5. The van der Waals surface area contributed by atoms with E-state index in [9.17, 15) is 8.42 Å². The molecule has 1 rings (SSSR count). The summed E-state index contributed by atoms with van der Waals surface area (Å²) in [6.07, 6.45) is 2.30. The van der Waals surface area contributed by atoms with Crippen molar-refractivity contribution in [3.63, 3.8) is 0 Å². The van der Waals surface area contributed by atoms with Gasteiger partial charge in [0.2, 0.25) is 0 Å². The normalized spacial score (nSPS) is 13.5. The largest absolute Gasteiger partial charge is 0.309 e.